The molecule has 2 aliphatic rings. The molecule has 1 aliphatic carbocycles. The van der Waals surface area contributed by atoms with Gasteiger partial charge in [0.25, 0.3) is 0 Å². The fourth-order valence-electron chi connectivity index (χ4n) is 4.18. The first-order valence-corrected chi connectivity index (χ1v) is 10.1. The fraction of sp³-hybridized carbons (Fsp3) is 0.409. The smallest absolute Gasteiger partial charge is 0.234 e. The average molecular weight is 391 g/mol. The number of anilines is 1. The van der Waals surface area contributed by atoms with E-state index < -0.39 is 5.41 Å². The number of methoxy groups -OCH3 is 1. The lowest BCUT2D eigenvalue weighted by Crippen LogP contribution is -2.41. The zero-order valence-electron chi connectivity index (χ0n) is 16.5. The second kappa shape index (κ2) is 7.24. The molecule has 2 fully saturated rings. The highest BCUT2D eigenvalue weighted by Gasteiger charge is 2.41. The number of hydrogen-bond donors (Lipinski definition) is 3. The molecule has 0 bridgehead atoms. The number of H-pyrrole nitrogens is 1. The van der Waals surface area contributed by atoms with Gasteiger partial charge >= 0.3 is 0 Å². The Hall–Kier alpha value is -2.77. The van der Waals surface area contributed by atoms with Crippen LogP contribution in [0.5, 0.6) is 0 Å². The molecule has 29 heavy (non-hydrogen) atoms. The number of hydrogen-bond acceptors (Lipinski definition) is 5. The maximum Gasteiger partial charge on any atom is 0.234 e. The lowest BCUT2D eigenvalue weighted by Gasteiger charge is -2.26. The van der Waals surface area contributed by atoms with Crippen molar-refractivity contribution < 1.29 is 9.53 Å². The largest absolute Gasteiger partial charge is 0.384 e. The van der Waals surface area contributed by atoms with Gasteiger partial charge in [0.2, 0.25) is 5.91 Å². The first-order valence-electron chi connectivity index (χ1n) is 10.1. The summed E-state index contributed by atoms with van der Waals surface area (Å²) in [6.07, 6.45) is 5.06. The van der Waals surface area contributed by atoms with E-state index in [0.29, 0.717) is 19.1 Å². The van der Waals surface area contributed by atoms with Gasteiger partial charge in [0.15, 0.2) is 0 Å². The number of rotatable bonds is 6. The fourth-order valence-corrected chi connectivity index (χ4v) is 4.18. The zero-order valence-corrected chi connectivity index (χ0v) is 16.5. The predicted octanol–water partition coefficient (Wildman–Crippen LogP) is 3.07. The standard InChI is InChI=1S/C22H25N5O2/c1-29-13-22(7-9-23-12-22)21(28)25-16-4-5-18-17(11-16)20(27-26-18)15-6-8-24-19(10-15)14-2-3-14/h4-6,8,10-11,14,23H,2-3,7,9,12-13H2,1H3,(H,25,28)(H,26,27)/t22-/m1/s1. The van der Waals surface area contributed by atoms with Crippen LogP contribution in [0.2, 0.25) is 0 Å². The van der Waals surface area contributed by atoms with Crippen molar-refractivity contribution in [2.75, 3.05) is 32.1 Å². The second-order valence-corrected chi connectivity index (χ2v) is 8.17. The number of carbonyl (C=O) groups excluding carboxylic acids is 1. The minimum atomic E-state index is -0.521. The highest BCUT2D eigenvalue weighted by molar-refractivity contribution is 6.00. The highest BCUT2D eigenvalue weighted by Crippen LogP contribution is 2.40. The minimum Gasteiger partial charge on any atom is -0.384 e. The number of ether oxygens (including phenoxy) is 1. The highest BCUT2D eigenvalue weighted by atomic mass is 16.5. The van der Waals surface area contributed by atoms with Crippen molar-refractivity contribution >= 4 is 22.5 Å². The Balaban J connectivity index is 1.45. The summed E-state index contributed by atoms with van der Waals surface area (Å²) >= 11 is 0. The molecule has 1 saturated heterocycles. The molecule has 3 aromatic rings. The summed E-state index contributed by atoms with van der Waals surface area (Å²) in [6.45, 7) is 1.87. The van der Waals surface area contributed by atoms with E-state index in [1.54, 1.807) is 7.11 Å². The van der Waals surface area contributed by atoms with Crippen LogP contribution in [0, 0.1) is 5.41 Å². The Labute approximate surface area is 169 Å². The van der Waals surface area contributed by atoms with Gasteiger partial charge in [-0.15, -0.1) is 0 Å². The van der Waals surface area contributed by atoms with Crippen molar-refractivity contribution in [3.63, 3.8) is 0 Å². The van der Waals surface area contributed by atoms with Gasteiger partial charge in [-0.3, -0.25) is 14.9 Å². The quantitative estimate of drug-likeness (QED) is 0.601. The van der Waals surface area contributed by atoms with Crippen LogP contribution in [0.25, 0.3) is 22.2 Å². The summed E-state index contributed by atoms with van der Waals surface area (Å²) < 4.78 is 5.34. The SMILES string of the molecule is COC[C@@]1(C(=O)Nc2ccc3[nH]nc(-c4ccnc(C5CC5)c4)c3c2)CCNC1. The predicted molar refractivity (Wildman–Crippen MR) is 112 cm³/mol. The third-order valence-electron chi connectivity index (χ3n) is 6.02. The van der Waals surface area contributed by atoms with Gasteiger partial charge in [-0.2, -0.15) is 5.10 Å². The average Bonchev–Trinajstić information content (AvgIpc) is 3.33. The van der Waals surface area contributed by atoms with Crippen LogP contribution < -0.4 is 10.6 Å². The molecule has 3 N–H and O–H groups in total. The van der Waals surface area contributed by atoms with Crippen molar-refractivity contribution in [3.05, 3.63) is 42.2 Å². The number of aromatic amines is 1. The molecule has 5 rings (SSSR count). The van der Waals surface area contributed by atoms with Gasteiger partial charge in [-0.25, -0.2) is 0 Å². The molecule has 1 atom stereocenters. The molecule has 2 aromatic heterocycles. The first kappa shape index (κ1) is 18.3. The van der Waals surface area contributed by atoms with E-state index in [4.69, 9.17) is 4.74 Å². The van der Waals surface area contributed by atoms with E-state index in [2.05, 4.69) is 31.9 Å². The first-order chi connectivity index (χ1) is 14.2. The van der Waals surface area contributed by atoms with E-state index in [0.717, 1.165) is 46.5 Å². The summed E-state index contributed by atoms with van der Waals surface area (Å²) in [5, 5.41) is 15.0. The van der Waals surface area contributed by atoms with Crippen LogP contribution in [0.4, 0.5) is 5.69 Å². The molecule has 0 radical (unpaired) electrons. The van der Waals surface area contributed by atoms with E-state index in [9.17, 15) is 4.79 Å². The molecule has 1 aromatic carbocycles. The molecule has 150 valence electrons. The number of fused-ring (bicyclic) bond motifs is 1. The van der Waals surface area contributed by atoms with E-state index in [1.165, 1.54) is 12.8 Å². The summed E-state index contributed by atoms with van der Waals surface area (Å²) in [5.74, 6) is 0.584. The number of benzene rings is 1. The number of amides is 1. The minimum absolute atomic E-state index is 0.00586. The molecule has 0 spiro atoms. The molecule has 1 saturated carbocycles. The molecule has 3 heterocycles. The molecule has 0 unspecified atom stereocenters. The maximum absolute atomic E-state index is 13.0. The van der Waals surface area contributed by atoms with Crippen LogP contribution in [-0.4, -0.2) is 47.9 Å². The van der Waals surface area contributed by atoms with Gasteiger partial charge < -0.3 is 15.4 Å². The molecule has 7 heteroatoms. The Morgan fingerprint density at radius 3 is 2.97 bits per heavy atom. The van der Waals surface area contributed by atoms with Gasteiger partial charge in [0, 0.05) is 48.1 Å². The van der Waals surface area contributed by atoms with Gasteiger partial charge in [-0.05, 0) is 56.1 Å². The van der Waals surface area contributed by atoms with Crippen LogP contribution in [-0.2, 0) is 9.53 Å². The van der Waals surface area contributed by atoms with Gasteiger partial charge in [0.05, 0.1) is 17.5 Å². The summed E-state index contributed by atoms with van der Waals surface area (Å²) in [6, 6.07) is 9.99. The Bertz CT molecular complexity index is 1050. The van der Waals surface area contributed by atoms with Gasteiger partial charge in [-0.1, -0.05) is 0 Å². The monoisotopic (exact) mass is 391 g/mol. The Morgan fingerprint density at radius 2 is 2.21 bits per heavy atom. The topological polar surface area (TPSA) is 91.9 Å². The lowest BCUT2D eigenvalue weighted by molar-refractivity contribution is -0.127. The van der Waals surface area contributed by atoms with Crippen molar-refractivity contribution in [1.29, 1.82) is 0 Å². The number of nitrogens with one attached hydrogen (secondary N) is 3. The van der Waals surface area contributed by atoms with Crippen LogP contribution >= 0.6 is 0 Å². The normalized spacial score (nSPS) is 21.6. The summed E-state index contributed by atoms with van der Waals surface area (Å²) in [4.78, 5) is 17.5. The lowest BCUT2D eigenvalue weighted by atomic mass is 9.87. The number of pyridine rings is 1. The van der Waals surface area contributed by atoms with E-state index in [-0.39, 0.29) is 5.91 Å². The summed E-state index contributed by atoms with van der Waals surface area (Å²) in [7, 11) is 1.64. The van der Waals surface area contributed by atoms with Crippen LogP contribution in [0.3, 0.4) is 0 Å². The zero-order chi connectivity index (χ0) is 19.8. The van der Waals surface area contributed by atoms with Crippen molar-refractivity contribution in [1.82, 2.24) is 20.5 Å². The molecular formula is C22H25N5O2. The van der Waals surface area contributed by atoms with E-state index in [1.807, 2.05) is 30.5 Å². The molecule has 7 nitrogen and oxygen atoms in total. The number of carbonyl (C=O) groups is 1. The Kier molecular flexibility index (Phi) is 4.56. The Morgan fingerprint density at radius 1 is 1.31 bits per heavy atom. The molecular weight excluding hydrogens is 366 g/mol. The molecule has 1 aliphatic heterocycles. The van der Waals surface area contributed by atoms with Crippen molar-refractivity contribution in [2.45, 2.75) is 25.2 Å². The maximum atomic E-state index is 13.0. The van der Waals surface area contributed by atoms with Crippen molar-refractivity contribution in [2.24, 2.45) is 5.41 Å². The number of aromatic nitrogens is 3. The van der Waals surface area contributed by atoms with Crippen LogP contribution in [0.1, 0.15) is 30.9 Å². The van der Waals surface area contributed by atoms with Gasteiger partial charge in [0.1, 0.15) is 5.69 Å². The van der Waals surface area contributed by atoms with Crippen molar-refractivity contribution in [3.8, 4) is 11.3 Å². The van der Waals surface area contributed by atoms with E-state index >= 15 is 0 Å². The third kappa shape index (κ3) is 3.41. The molecule has 1 amide bonds. The summed E-state index contributed by atoms with van der Waals surface area (Å²) in [5.41, 5.74) is 4.26. The number of nitrogens with zero attached hydrogens (tertiary/aromatic N) is 2. The van der Waals surface area contributed by atoms with Crippen LogP contribution in [0.15, 0.2) is 36.5 Å². The third-order valence-corrected chi connectivity index (χ3v) is 6.02. The second-order valence-electron chi connectivity index (χ2n) is 8.17.